The number of ketones is 1. The van der Waals surface area contributed by atoms with E-state index in [-0.39, 0.29) is 49.2 Å². The van der Waals surface area contributed by atoms with Crippen molar-refractivity contribution in [3.8, 4) is 0 Å². The summed E-state index contributed by atoms with van der Waals surface area (Å²) in [7, 11) is -3.52. The van der Waals surface area contributed by atoms with Gasteiger partial charge >= 0.3 is 6.03 Å². The van der Waals surface area contributed by atoms with Gasteiger partial charge in [0.25, 0.3) is 5.91 Å². The van der Waals surface area contributed by atoms with Crippen molar-refractivity contribution in [3.63, 3.8) is 0 Å². The second kappa shape index (κ2) is 15.1. The maximum atomic E-state index is 14.5. The van der Waals surface area contributed by atoms with Crippen LogP contribution in [0.25, 0.3) is 0 Å². The van der Waals surface area contributed by atoms with Crippen LogP contribution >= 0.6 is 0 Å². The molecule has 2 aliphatic carbocycles. The molecule has 276 valence electrons. The molecular weight excluding hydrogens is 650 g/mol. The third-order valence-corrected chi connectivity index (χ3v) is 13.4. The Kier molecular flexibility index (Phi) is 11.9. The van der Waals surface area contributed by atoms with Crippen LogP contribution < -0.4 is 21.3 Å². The van der Waals surface area contributed by atoms with Crippen LogP contribution in [0.2, 0.25) is 0 Å². The van der Waals surface area contributed by atoms with Gasteiger partial charge in [-0.15, -0.1) is 6.58 Å². The molecule has 0 aromatic carbocycles. The minimum Gasteiger partial charge on any atom is -0.379 e. The van der Waals surface area contributed by atoms with Gasteiger partial charge in [-0.2, -0.15) is 0 Å². The largest absolute Gasteiger partial charge is 0.379 e. The van der Waals surface area contributed by atoms with Gasteiger partial charge in [0.2, 0.25) is 17.6 Å². The van der Waals surface area contributed by atoms with E-state index < -0.39 is 73.7 Å². The number of sulfone groups is 1. The summed E-state index contributed by atoms with van der Waals surface area (Å²) in [5, 5.41) is 10.3. The van der Waals surface area contributed by atoms with E-state index in [9.17, 15) is 32.4 Å². The van der Waals surface area contributed by atoms with Gasteiger partial charge in [-0.3, -0.25) is 19.2 Å². The van der Waals surface area contributed by atoms with Crippen LogP contribution in [-0.2, 0) is 33.8 Å². The molecule has 0 spiro atoms. The molecule has 2 heterocycles. The predicted octanol–water partition coefficient (Wildman–Crippen LogP) is 2.25. The summed E-state index contributed by atoms with van der Waals surface area (Å²) >= 11 is 0. The topological polar surface area (TPSA) is 180 Å². The van der Waals surface area contributed by atoms with Crippen molar-refractivity contribution in [1.29, 1.82) is 0 Å². The third-order valence-electron chi connectivity index (χ3n) is 11.2. The first-order valence-electron chi connectivity index (χ1n) is 17.8. The summed E-state index contributed by atoms with van der Waals surface area (Å²) in [5.41, 5.74) is -2.01. The van der Waals surface area contributed by atoms with Crippen molar-refractivity contribution in [2.75, 3.05) is 32.1 Å². The highest BCUT2D eigenvalue weighted by molar-refractivity contribution is 7.92. The Labute approximate surface area is 291 Å². The maximum Gasteiger partial charge on any atom is 0.315 e. The summed E-state index contributed by atoms with van der Waals surface area (Å²) in [4.78, 5) is 69.5. The predicted molar refractivity (Wildman–Crippen MR) is 185 cm³/mol. The third kappa shape index (κ3) is 8.32. The zero-order valence-corrected chi connectivity index (χ0v) is 30.9. The molecule has 0 aromatic rings. The van der Waals surface area contributed by atoms with Crippen LogP contribution in [-0.4, -0.2) is 104 Å². The number of unbranched alkanes of at least 4 members (excludes halogenated alkanes) is 1. The molecule has 6 atom stereocenters. The van der Waals surface area contributed by atoms with Crippen molar-refractivity contribution in [2.24, 2.45) is 22.7 Å². The minimum atomic E-state index is -3.52. The zero-order chi connectivity index (χ0) is 36.4. The summed E-state index contributed by atoms with van der Waals surface area (Å²) < 4.78 is 31.9. The van der Waals surface area contributed by atoms with E-state index in [0.717, 1.165) is 25.7 Å². The monoisotopic (exact) mass is 707 g/mol. The van der Waals surface area contributed by atoms with E-state index in [1.54, 1.807) is 0 Å². The molecule has 6 unspecified atom stereocenters. The quantitative estimate of drug-likeness (QED) is 0.166. The number of piperidine rings is 1. The van der Waals surface area contributed by atoms with Crippen LogP contribution in [0.1, 0.15) is 92.9 Å². The fourth-order valence-electron chi connectivity index (χ4n) is 8.19. The number of carbonyl (C=O) groups is 5. The number of urea groups is 1. The summed E-state index contributed by atoms with van der Waals surface area (Å²) in [6, 6.07) is -3.64. The first-order valence-corrected chi connectivity index (χ1v) is 19.5. The minimum absolute atomic E-state index is 0.00500. The van der Waals surface area contributed by atoms with E-state index in [2.05, 4.69) is 27.8 Å². The Balaban J connectivity index is 1.56. The maximum absolute atomic E-state index is 14.5. The van der Waals surface area contributed by atoms with Gasteiger partial charge in [-0.25, -0.2) is 13.2 Å². The van der Waals surface area contributed by atoms with Crippen LogP contribution in [0.4, 0.5) is 4.79 Å². The number of amides is 5. The molecule has 4 N–H and O–H groups in total. The molecule has 5 amide bonds. The zero-order valence-electron chi connectivity index (χ0n) is 30.1. The van der Waals surface area contributed by atoms with Gasteiger partial charge < -0.3 is 30.9 Å². The van der Waals surface area contributed by atoms with Crippen LogP contribution in [0, 0.1) is 22.7 Å². The number of ether oxygens (including phenoxy) is 1. The van der Waals surface area contributed by atoms with Gasteiger partial charge in [-0.05, 0) is 41.9 Å². The Morgan fingerprint density at radius 3 is 2.33 bits per heavy atom. The van der Waals surface area contributed by atoms with Crippen molar-refractivity contribution in [3.05, 3.63) is 12.7 Å². The summed E-state index contributed by atoms with van der Waals surface area (Å²) in [6.45, 7) is 15.6. The average Bonchev–Trinajstić information content (AvgIpc) is 3.33. The van der Waals surface area contributed by atoms with Crippen LogP contribution in [0.15, 0.2) is 12.7 Å². The lowest BCUT2D eigenvalue weighted by Crippen LogP contribution is -2.67. The van der Waals surface area contributed by atoms with Crippen LogP contribution in [0.3, 0.4) is 0 Å². The normalized spacial score (nSPS) is 27.8. The Bertz CT molecular complexity index is 1400. The summed E-state index contributed by atoms with van der Waals surface area (Å²) in [6.07, 6.45) is 6.52. The first-order chi connectivity index (χ1) is 22.9. The smallest absolute Gasteiger partial charge is 0.315 e. The van der Waals surface area contributed by atoms with Crippen molar-refractivity contribution < 1.29 is 37.1 Å². The molecule has 49 heavy (non-hydrogen) atoms. The molecule has 4 fully saturated rings. The van der Waals surface area contributed by atoms with Gasteiger partial charge in [0, 0.05) is 13.1 Å². The van der Waals surface area contributed by atoms with Gasteiger partial charge in [0.15, 0.2) is 9.84 Å². The highest BCUT2D eigenvalue weighted by Gasteiger charge is 2.70. The van der Waals surface area contributed by atoms with E-state index >= 15 is 0 Å². The number of rotatable bonds is 13. The van der Waals surface area contributed by atoms with Crippen molar-refractivity contribution in [2.45, 2.75) is 122 Å². The number of nitrogens with zero attached hydrogens (tertiary/aromatic N) is 1. The standard InChI is InChI=1S/C35H57N5O8S/c1-8-10-14-23(27(41)30(43)36-17-9-2)37-29(42)26-25-22(34(25,6)7)20-40(26)31(44)28(33(3,4)5)38-32(45)39-35(15-12-11-13-16-35)24-21-48-18-19-49(24,46)47/h9,22-26,28H,2,8,10-21H2,1,3-7H3,(H,36,43)(H,37,42)(H2,38,39,45). The second-order valence-electron chi connectivity index (χ2n) is 16.0. The number of hydrogen-bond donors (Lipinski definition) is 4. The van der Waals surface area contributed by atoms with Crippen LogP contribution in [0.5, 0.6) is 0 Å². The molecule has 14 heteroatoms. The van der Waals surface area contributed by atoms with Gasteiger partial charge in [0.1, 0.15) is 17.3 Å². The molecule has 2 aliphatic heterocycles. The van der Waals surface area contributed by atoms with E-state index in [4.69, 9.17) is 4.74 Å². The molecule has 4 aliphatic rings. The molecule has 2 saturated heterocycles. The molecule has 2 saturated carbocycles. The highest BCUT2D eigenvalue weighted by atomic mass is 32.2. The second-order valence-corrected chi connectivity index (χ2v) is 18.3. The molecule has 0 radical (unpaired) electrons. The fourth-order valence-corrected chi connectivity index (χ4v) is 10.1. The molecule has 0 aromatic heterocycles. The van der Waals surface area contributed by atoms with Gasteiger partial charge in [-0.1, -0.05) is 79.7 Å². The molecule has 0 bridgehead atoms. The van der Waals surface area contributed by atoms with Crippen molar-refractivity contribution in [1.82, 2.24) is 26.2 Å². The van der Waals surface area contributed by atoms with E-state index in [1.165, 1.54) is 11.0 Å². The molecule has 13 nitrogen and oxygen atoms in total. The Morgan fingerprint density at radius 2 is 1.73 bits per heavy atom. The van der Waals surface area contributed by atoms with E-state index in [0.29, 0.717) is 25.8 Å². The number of likely N-dealkylation sites (tertiary alicyclic amines) is 1. The SMILES string of the molecule is C=CCNC(=O)C(=O)C(CCCC)NC(=O)C1C2C(CN1C(=O)C(NC(=O)NC1(C3COCCS3(=O)=O)CCCCC1)C(C)(C)C)C2(C)C. The first kappa shape index (κ1) is 38.8. The Hall–Kier alpha value is -3.00. The highest BCUT2D eigenvalue weighted by Crippen LogP contribution is 2.65. The number of nitrogens with one attached hydrogen (secondary N) is 4. The molecule has 4 rings (SSSR count). The van der Waals surface area contributed by atoms with E-state index in [1.807, 2.05) is 41.5 Å². The molecular formula is C35H57N5O8S. The Morgan fingerprint density at radius 1 is 1.06 bits per heavy atom. The number of hydrogen-bond acceptors (Lipinski definition) is 8. The average molecular weight is 708 g/mol. The van der Waals surface area contributed by atoms with Crippen molar-refractivity contribution >= 4 is 39.4 Å². The number of carbonyl (C=O) groups excluding carboxylic acids is 5. The lowest BCUT2D eigenvalue weighted by molar-refractivity contribution is -0.145. The number of fused-ring (bicyclic) bond motifs is 1. The lowest BCUT2D eigenvalue weighted by Gasteiger charge is -2.45. The fraction of sp³-hybridized carbons (Fsp3) is 0.800. The lowest BCUT2D eigenvalue weighted by atomic mass is 9.79. The number of Topliss-reactive ketones (excluding diaryl/α,β-unsaturated/α-hetero) is 1. The summed E-state index contributed by atoms with van der Waals surface area (Å²) in [5.74, 6) is -2.72. The van der Waals surface area contributed by atoms with Gasteiger partial charge in [0.05, 0.1) is 30.5 Å².